The number of amides is 3. The van der Waals surface area contributed by atoms with E-state index in [0.717, 1.165) is 6.54 Å². The molecular formula is C16H26N4O3. The van der Waals surface area contributed by atoms with Crippen LogP contribution in [0, 0.1) is 11.8 Å². The molecule has 1 atom stereocenters. The minimum atomic E-state index is -0.174. The molecule has 2 saturated heterocycles. The first kappa shape index (κ1) is 16.2. The number of rotatable bonds is 5. The maximum atomic E-state index is 12.6. The van der Waals surface area contributed by atoms with E-state index in [9.17, 15) is 14.4 Å². The monoisotopic (exact) mass is 322 g/mol. The molecule has 0 aromatic rings. The maximum Gasteiger partial charge on any atom is 0.233 e. The summed E-state index contributed by atoms with van der Waals surface area (Å²) >= 11 is 0. The van der Waals surface area contributed by atoms with Crippen molar-refractivity contribution in [1.82, 2.24) is 20.0 Å². The zero-order valence-electron chi connectivity index (χ0n) is 13.8. The first-order valence-corrected chi connectivity index (χ1v) is 8.56. The fourth-order valence-electron chi connectivity index (χ4n) is 3.39. The lowest BCUT2D eigenvalue weighted by atomic mass is 10.1. The molecule has 7 nitrogen and oxygen atoms in total. The van der Waals surface area contributed by atoms with Crippen molar-refractivity contribution in [1.29, 1.82) is 0 Å². The van der Waals surface area contributed by atoms with Crippen LogP contribution in [0.1, 0.15) is 19.3 Å². The summed E-state index contributed by atoms with van der Waals surface area (Å²) in [4.78, 5) is 41.9. The van der Waals surface area contributed by atoms with Gasteiger partial charge in [0.2, 0.25) is 17.7 Å². The minimum Gasteiger partial charge on any atom is -0.358 e. The molecule has 23 heavy (non-hydrogen) atoms. The van der Waals surface area contributed by atoms with Gasteiger partial charge in [0.25, 0.3) is 0 Å². The molecule has 0 spiro atoms. The molecule has 0 aromatic carbocycles. The number of hydrogen-bond acceptors (Lipinski definition) is 4. The van der Waals surface area contributed by atoms with Crippen LogP contribution in [-0.2, 0) is 14.4 Å². The Morgan fingerprint density at radius 3 is 2.48 bits per heavy atom. The predicted molar refractivity (Wildman–Crippen MR) is 84.5 cm³/mol. The van der Waals surface area contributed by atoms with Gasteiger partial charge in [-0.25, -0.2) is 0 Å². The van der Waals surface area contributed by atoms with Gasteiger partial charge in [0.05, 0.1) is 12.5 Å². The fraction of sp³-hybridized carbons (Fsp3) is 0.812. The van der Waals surface area contributed by atoms with Gasteiger partial charge in [0.15, 0.2) is 0 Å². The molecule has 7 heteroatoms. The number of nitrogens with one attached hydrogen (secondary N) is 1. The molecule has 0 radical (unpaired) electrons. The molecule has 1 N–H and O–H groups in total. The molecule has 0 bridgehead atoms. The van der Waals surface area contributed by atoms with Gasteiger partial charge in [0, 0.05) is 52.7 Å². The van der Waals surface area contributed by atoms with Gasteiger partial charge in [-0.1, -0.05) is 0 Å². The molecule has 2 heterocycles. The summed E-state index contributed by atoms with van der Waals surface area (Å²) in [5.41, 5.74) is 0. The summed E-state index contributed by atoms with van der Waals surface area (Å²) in [6.45, 7) is 4.52. The molecule has 3 rings (SSSR count). The van der Waals surface area contributed by atoms with E-state index in [1.165, 1.54) is 12.8 Å². The smallest absolute Gasteiger partial charge is 0.233 e. The molecule has 2 aliphatic heterocycles. The van der Waals surface area contributed by atoms with E-state index in [1.807, 2.05) is 9.80 Å². The Hall–Kier alpha value is -1.63. The van der Waals surface area contributed by atoms with E-state index in [1.54, 1.807) is 7.05 Å². The van der Waals surface area contributed by atoms with Crippen LogP contribution < -0.4 is 5.32 Å². The SMILES string of the molecule is CNC(=O)CN1CCN(C(=O)C2CC(=O)N(CC3CC3)C2)CC1. The Bertz CT molecular complexity index is 484. The van der Waals surface area contributed by atoms with E-state index in [0.29, 0.717) is 51.6 Å². The van der Waals surface area contributed by atoms with Crippen LogP contribution in [0.2, 0.25) is 0 Å². The lowest BCUT2D eigenvalue weighted by Crippen LogP contribution is -2.52. The van der Waals surface area contributed by atoms with Crippen LogP contribution in [-0.4, -0.2) is 85.3 Å². The second-order valence-electron chi connectivity index (χ2n) is 6.92. The van der Waals surface area contributed by atoms with Crippen LogP contribution in [0.25, 0.3) is 0 Å². The molecule has 128 valence electrons. The second-order valence-corrected chi connectivity index (χ2v) is 6.92. The van der Waals surface area contributed by atoms with E-state index in [4.69, 9.17) is 0 Å². The molecule has 3 aliphatic rings. The highest BCUT2D eigenvalue weighted by Gasteiger charge is 2.39. The van der Waals surface area contributed by atoms with E-state index >= 15 is 0 Å². The first-order valence-electron chi connectivity index (χ1n) is 8.56. The predicted octanol–water partition coefficient (Wildman–Crippen LogP) is -0.865. The third-order valence-electron chi connectivity index (χ3n) is 5.07. The lowest BCUT2D eigenvalue weighted by molar-refractivity contribution is -0.137. The number of nitrogens with zero attached hydrogens (tertiary/aromatic N) is 3. The Morgan fingerprint density at radius 2 is 1.87 bits per heavy atom. The summed E-state index contributed by atoms with van der Waals surface area (Å²) in [6.07, 6.45) is 2.80. The van der Waals surface area contributed by atoms with Crippen molar-refractivity contribution in [2.75, 3.05) is 52.9 Å². The number of hydrogen-bond donors (Lipinski definition) is 1. The summed E-state index contributed by atoms with van der Waals surface area (Å²) in [6, 6.07) is 0. The quantitative estimate of drug-likeness (QED) is 0.714. The highest BCUT2D eigenvalue weighted by molar-refractivity contribution is 5.89. The van der Waals surface area contributed by atoms with Crippen LogP contribution >= 0.6 is 0 Å². The molecular weight excluding hydrogens is 296 g/mol. The van der Waals surface area contributed by atoms with Gasteiger partial charge in [-0.15, -0.1) is 0 Å². The fourth-order valence-corrected chi connectivity index (χ4v) is 3.39. The second kappa shape index (κ2) is 6.86. The van der Waals surface area contributed by atoms with Crippen LogP contribution in [0.5, 0.6) is 0 Å². The summed E-state index contributed by atoms with van der Waals surface area (Å²) in [5, 5.41) is 2.62. The Balaban J connectivity index is 1.46. The number of carbonyl (C=O) groups is 3. The van der Waals surface area contributed by atoms with Gasteiger partial charge in [0.1, 0.15) is 0 Å². The average molecular weight is 322 g/mol. The standard InChI is InChI=1S/C16H26N4O3/c1-17-14(21)11-18-4-6-19(7-5-18)16(23)13-8-15(22)20(10-13)9-12-2-3-12/h12-13H,2-11H2,1H3,(H,17,21). The average Bonchev–Trinajstić information content (AvgIpc) is 3.30. The van der Waals surface area contributed by atoms with Crippen LogP contribution in [0.4, 0.5) is 0 Å². The van der Waals surface area contributed by atoms with Crippen molar-refractivity contribution < 1.29 is 14.4 Å². The van der Waals surface area contributed by atoms with Gasteiger partial charge < -0.3 is 15.1 Å². The molecule has 0 aromatic heterocycles. The van der Waals surface area contributed by atoms with Crippen molar-refractivity contribution in [3.63, 3.8) is 0 Å². The van der Waals surface area contributed by atoms with Gasteiger partial charge in [-0.3, -0.25) is 19.3 Å². The van der Waals surface area contributed by atoms with Gasteiger partial charge in [-0.2, -0.15) is 0 Å². The van der Waals surface area contributed by atoms with E-state index in [-0.39, 0.29) is 23.6 Å². The summed E-state index contributed by atoms with van der Waals surface area (Å²) in [7, 11) is 1.63. The van der Waals surface area contributed by atoms with Gasteiger partial charge >= 0.3 is 0 Å². The molecule has 1 unspecified atom stereocenters. The van der Waals surface area contributed by atoms with Crippen LogP contribution in [0.15, 0.2) is 0 Å². The van der Waals surface area contributed by atoms with Crippen molar-refractivity contribution in [3.8, 4) is 0 Å². The van der Waals surface area contributed by atoms with Gasteiger partial charge in [-0.05, 0) is 18.8 Å². The maximum absolute atomic E-state index is 12.6. The number of carbonyl (C=O) groups excluding carboxylic acids is 3. The highest BCUT2D eigenvalue weighted by atomic mass is 16.2. The number of piperazine rings is 1. The Kier molecular flexibility index (Phi) is 4.84. The van der Waals surface area contributed by atoms with Crippen molar-refractivity contribution >= 4 is 17.7 Å². The topological polar surface area (TPSA) is 73.0 Å². The third kappa shape index (κ3) is 4.02. The lowest BCUT2D eigenvalue weighted by Gasteiger charge is -2.35. The summed E-state index contributed by atoms with van der Waals surface area (Å²) in [5.74, 6) is 0.736. The summed E-state index contributed by atoms with van der Waals surface area (Å²) < 4.78 is 0. The van der Waals surface area contributed by atoms with E-state index < -0.39 is 0 Å². The van der Waals surface area contributed by atoms with Crippen molar-refractivity contribution in [2.45, 2.75) is 19.3 Å². The van der Waals surface area contributed by atoms with E-state index in [2.05, 4.69) is 10.2 Å². The molecule has 3 fully saturated rings. The third-order valence-corrected chi connectivity index (χ3v) is 5.07. The highest BCUT2D eigenvalue weighted by Crippen LogP contribution is 2.32. The molecule has 1 saturated carbocycles. The zero-order chi connectivity index (χ0) is 16.4. The first-order chi connectivity index (χ1) is 11.1. The largest absolute Gasteiger partial charge is 0.358 e. The van der Waals surface area contributed by atoms with Crippen molar-refractivity contribution in [3.05, 3.63) is 0 Å². The Labute approximate surface area is 137 Å². The number of likely N-dealkylation sites (tertiary alicyclic amines) is 1. The molecule has 1 aliphatic carbocycles. The normalized spacial score (nSPS) is 25.8. The number of likely N-dealkylation sites (N-methyl/N-ethyl adjacent to an activating group) is 1. The minimum absolute atomic E-state index is 0.00174. The van der Waals surface area contributed by atoms with Crippen molar-refractivity contribution in [2.24, 2.45) is 11.8 Å². The zero-order valence-corrected chi connectivity index (χ0v) is 13.8. The van der Waals surface area contributed by atoms with Crippen LogP contribution in [0.3, 0.4) is 0 Å². The molecule has 3 amide bonds. The Morgan fingerprint density at radius 1 is 1.17 bits per heavy atom.